The van der Waals surface area contributed by atoms with Crippen LogP contribution in [0.5, 0.6) is 0 Å². The number of hydrogen-bond donors (Lipinski definition) is 3. The van der Waals surface area contributed by atoms with Crippen LogP contribution in [0.25, 0.3) is 0 Å². The predicted octanol–water partition coefficient (Wildman–Crippen LogP) is 1.54. The van der Waals surface area contributed by atoms with Gasteiger partial charge in [-0.05, 0) is 37.4 Å². The summed E-state index contributed by atoms with van der Waals surface area (Å²) in [5.74, 6) is 0.273. The number of benzene rings is 1. The Balaban J connectivity index is 2.17. The minimum Gasteiger partial charge on any atom is -0.396 e. The summed E-state index contributed by atoms with van der Waals surface area (Å²) in [5, 5.41) is 22.5. The predicted molar refractivity (Wildman–Crippen MR) is 103 cm³/mol. The molecule has 1 aromatic carbocycles. The number of rotatable bonds is 15. The Morgan fingerprint density at radius 1 is 1.12 bits per heavy atom. The van der Waals surface area contributed by atoms with Gasteiger partial charge in [-0.2, -0.15) is 0 Å². The van der Waals surface area contributed by atoms with E-state index in [1.54, 1.807) is 0 Å². The summed E-state index contributed by atoms with van der Waals surface area (Å²) in [6.45, 7) is 9.89. The lowest BCUT2D eigenvalue weighted by Crippen LogP contribution is -2.37. The lowest BCUT2D eigenvalue weighted by molar-refractivity contribution is 0.0178. The van der Waals surface area contributed by atoms with Gasteiger partial charge in [-0.25, -0.2) is 0 Å². The summed E-state index contributed by atoms with van der Waals surface area (Å²) in [4.78, 5) is 2.35. The molecule has 3 N–H and O–H groups in total. The molecule has 5 nitrogen and oxygen atoms in total. The van der Waals surface area contributed by atoms with Gasteiger partial charge in [0.25, 0.3) is 0 Å². The van der Waals surface area contributed by atoms with Crippen LogP contribution >= 0.6 is 0 Å². The van der Waals surface area contributed by atoms with Crippen LogP contribution < -0.4 is 5.32 Å². The normalized spacial score (nSPS) is 14.0. The molecule has 25 heavy (non-hydrogen) atoms. The largest absolute Gasteiger partial charge is 0.396 e. The van der Waals surface area contributed by atoms with Crippen molar-refractivity contribution in [3.8, 4) is 0 Å². The number of nitrogens with one attached hydrogen (secondary N) is 1. The van der Waals surface area contributed by atoms with Gasteiger partial charge in [-0.15, -0.1) is 0 Å². The summed E-state index contributed by atoms with van der Waals surface area (Å²) in [6.07, 6.45) is 1.11. The number of nitrogens with zero attached hydrogens (tertiary/aromatic N) is 1. The summed E-state index contributed by atoms with van der Waals surface area (Å²) >= 11 is 0. The lowest BCUT2D eigenvalue weighted by Gasteiger charge is -2.20. The fraction of sp³-hybridized carbons (Fsp3) is 0.700. The fourth-order valence-corrected chi connectivity index (χ4v) is 2.85. The molecule has 144 valence electrons. The topological polar surface area (TPSA) is 65.0 Å². The molecule has 1 rings (SSSR count). The maximum Gasteiger partial charge on any atom is 0.0897 e. The molecule has 2 unspecified atom stereocenters. The zero-order chi connectivity index (χ0) is 18.3. The lowest BCUT2D eigenvalue weighted by atomic mass is 9.97. The van der Waals surface area contributed by atoms with Gasteiger partial charge in [0.2, 0.25) is 0 Å². The molecular weight excluding hydrogens is 316 g/mol. The number of hydrogen-bond acceptors (Lipinski definition) is 5. The van der Waals surface area contributed by atoms with Crippen LogP contribution in [0, 0.1) is 5.92 Å². The van der Waals surface area contributed by atoms with Gasteiger partial charge in [0.1, 0.15) is 0 Å². The maximum absolute atomic E-state index is 10.0. The van der Waals surface area contributed by atoms with Gasteiger partial charge in [-0.3, -0.25) is 0 Å². The molecule has 0 spiro atoms. The van der Waals surface area contributed by atoms with Gasteiger partial charge >= 0.3 is 0 Å². The molecule has 0 saturated carbocycles. The van der Waals surface area contributed by atoms with Crippen molar-refractivity contribution in [1.29, 1.82) is 0 Å². The minimum atomic E-state index is -0.497. The third-order valence-corrected chi connectivity index (χ3v) is 4.45. The highest BCUT2D eigenvalue weighted by atomic mass is 16.5. The second-order valence-electron chi connectivity index (χ2n) is 6.49. The quantitative estimate of drug-likeness (QED) is 0.418. The van der Waals surface area contributed by atoms with Crippen molar-refractivity contribution in [2.45, 2.75) is 32.8 Å². The molecule has 0 fully saturated rings. The highest BCUT2D eigenvalue weighted by Gasteiger charge is 2.11. The van der Waals surface area contributed by atoms with Crippen LogP contribution in [0.4, 0.5) is 0 Å². The molecular formula is C20H36N2O3. The van der Waals surface area contributed by atoms with Crippen LogP contribution in [0.2, 0.25) is 0 Å². The molecule has 1 aromatic rings. The van der Waals surface area contributed by atoms with Gasteiger partial charge in [0, 0.05) is 32.8 Å². The third-order valence-electron chi connectivity index (χ3n) is 4.45. The molecule has 0 aromatic heterocycles. The Bertz CT molecular complexity index is 413. The van der Waals surface area contributed by atoms with Crippen LogP contribution in [-0.4, -0.2) is 73.8 Å². The van der Waals surface area contributed by atoms with Crippen molar-refractivity contribution in [2.24, 2.45) is 5.92 Å². The maximum atomic E-state index is 10.0. The molecule has 0 bridgehead atoms. The van der Waals surface area contributed by atoms with Crippen LogP contribution in [0.3, 0.4) is 0 Å². The van der Waals surface area contributed by atoms with Gasteiger partial charge in [-0.1, -0.05) is 44.2 Å². The monoisotopic (exact) mass is 352 g/mol. The SMILES string of the molecule is CCN(CC)CCNCC(O)COCC(CCO)Cc1ccccc1. The number of likely N-dealkylation sites (N-methyl/N-ethyl adjacent to an activating group) is 1. The average molecular weight is 353 g/mol. The molecule has 0 saturated heterocycles. The third kappa shape index (κ3) is 10.6. The van der Waals surface area contributed by atoms with Crippen LogP contribution in [0.15, 0.2) is 30.3 Å². The van der Waals surface area contributed by atoms with Gasteiger partial charge in [0.05, 0.1) is 12.7 Å². The smallest absolute Gasteiger partial charge is 0.0897 e. The van der Waals surface area contributed by atoms with E-state index >= 15 is 0 Å². The first-order valence-corrected chi connectivity index (χ1v) is 9.53. The summed E-state index contributed by atoms with van der Waals surface area (Å²) in [7, 11) is 0. The summed E-state index contributed by atoms with van der Waals surface area (Å²) in [5.41, 5.74) is 1.25. The average Bonchev–Trinajstić information content (AvgIpc) is 2.63. The van der Waals surface area contributed by atoms with E-state index in [9.17, 15) is 10.2 Å². The highest BCUT2D eigenvalue weighted by molar-refractivity contribution is 5.15. The standard InChI is InChI=1S/C20H36N2O3/c1-3-22(4-2)12-11-21-15-20(24)17-25-16-19(10-13-23)14-18-8-6-5-7-9-18/h5-9,19-21,23-24H,3-4,10-17H2,1-2H3. The van der Waals surface area contributed by atoms with Crippen LogP contribution in [0.1, 0.15) is 25.8 Å². The first kappa shape index (κ1) is 22.1. The zero-order valence-corrected chi connectivity index (χ0v) is 15.9. The highest BCUT2D eigenvalue weighted by Crippen LogP contribution is 2.12. The van der Waals surface area contributed by atoms with E-state index in [4.69, 9.17) is 4.74 Å². The minimum absolute atomic E-state index is 0.163. The van der Waals surface area contributed by atoms with Crippen molar-refractivity contribution < 1.29 is 14.9 Å². The second-order valence-corrected chi connectivity index (χ2v) is 6.49. The van der Waals surface area contributed by atoms with Crippen molar-refractivity contribution in [3.63, 3.8) is 0 Å². The number of ether oxygens (including phenoxy) is 1. The Morgan fingerprint density at radius 2 is 1.84 bits per heavy atom. The van der Waals surface area contributed by atoms with E-state index in [0.717, 1.165) is 32.6 Å². The molecule has 0 aliphatic heterocycles. The first-order valence-electron chi connectivity index (χ1n) is 9.53. The van der Waals surface area contributed by atoms with Gasteiger partial charge < -0.3 is 25.2 Å². The van der Waals surface area contributed by atoms with Crippen molar-refractivity contribution in [3.05, 3.63) is 35.9 Å². The molecule has 2 atom stereocenters. The molecule has 5 heteroatoms. The Hall–Kier alpha value is -0.980. The van der Waals surface area contributed by atoms with Crippen molar-refractivity contribution >= 4 is 0 Å². The Labute approximate surface area is 153 Å². The molecule has 0 heterocycles. The molecule has 0 aliphatic carbocycles. The summed E-state index contributed by atoms with van der Waals surface area (Å²) in [6, 6.07) is 10.3. The van der Waals surface area contributed by atoms with E-state index in [2.05, 4.69) is 36.2 Å². The molecule has 0 aliphatic rings. The zero-order valence-electron chi connectivity index (χ0n) is 15.9. The number of aliphatic hydroxyl groups excluding tert-OH is 2. The van der Waals surface area contributed by atoms with Gasteiger partial charge in [0.15, 0.2) is 0 Å². The van der Waals surface area contributed by atoms with E-state index < -0.39 is 6.10 Å². The van der Waals surface area contributed by atoms with E-state index in [0.29, 0.717) is 26.2 Å². The van der Waals surface area contributed by atoms with E-state index in [1.807, 2.05) is 18.2 Å². The fourth-order valence-electron chi connectivity index (χ4n) is 2.85. The first-order chi connectivity index (χ1) is 12.2. The van der Waals surface area contributed by atoms with Crippen LogP contribution in [-0.2, 0) is 11.2 Å². The Morgan fingerprint density at radius 3 is 2.48 bits per heavy atom. The summed E-state index contributed by atoms with van der Waals surface area (Å²) < 4.78 is 5.69. The number of aliphatic hydroxyl groups is 2. The second kappa shape index (κ2) is 14.2. The molecule has 0 amide bonds. The van der Waals surface area contributed by atoms with Crippen molar-refractivity contribution in [2.75, 3.05) is 52.5 Å². The van der Waals surface area contributed by atoms with E-state index in [-0.39, 0.29) is 12.5 Å². The Kier molecular flexibility index (Phi) is 12.5. The molecule has 0 radical (unpaired) electrons. The van der Waals surface area contributed by atoms with E-state index in [1.165, 1.54) is 5.56 Å². The van der Waals surface area contributed by atoms with Crippen molar-refractivity contribution in [1.82, 2.24) is 10.2 Å².